The highest BCUT2D eigenvalue weighted by molar-refractivity contribution is 4.69. The summed E-state index contributed by atoms with van der Waals surface area (Å²) in [6.07, 6.45) is 2.22. The molecule has 0 spiro atoms. The van der Waals surface area contributed by atoms with E-state index in [-0.39, 0.29) is 6.61 Å². The van der Waals surface area contributed by atoms with Crippen LogP contribution in [-0.4, -0.2) is 79.9 Å². The molecule has 19 heavy (non-hydrogen) atoms. The maximum absolute atomic E-state index is 8.98. The van der Waals surface area contributed by atoms with E-state index in [2.05, 4.69) is 16.7 Å². The Bertz CT molecular complexity index is 182. The van der Waals surface area contributed by atoms with Crippen molar-refractivity contribution in [2.24, 2.45) is 17.2 Å². The third-order valence-corrected chi connectivity index (χ3v) is 3.41. The zero-order valence-electron chi connectivity index (χ0n) is 12.4. The number of hydrogen-bond donors (Lipinski definition) is 4. The van der Waals surface area contributed by atoms with Crippen molar-refractivity contribution in [1.82, 2.24) is 9.80 Å². The molecule has 1 atom stereocenters. The van der Waals surface area contributed by atoms with Gasteiger partial charge in [0.05, 0.1) is 6.61 Å². The zero-order valence-corrected chi connectivity index (χ0v) is 12.4. The van der Waals surface area contributed by atoms with E-state index in [1.807, 2.05) is 0 Å². The summed E-state index contributed by atoms with van der Waals surface area (Å²) >= 11 is 0. The highest BCUT2D eigenvalue weighted by Crippen LogP contribution is 2.06. The van der Waals surface area contributed by atoms with Crippen LogP contribution in [0.5, 0.6) is 0 Å². The minimum atomic E-state index is 0.196. The Morgan fingerprint density at radius 3 is 1.95 bits per heavy atom. The van der Waals surface area contributed by atoms with Crippen molar-refractivity contribution in [3.8, 4) is 0 Å². The van der Waals surface area contributed by atoms with Gasteiger partial charge in [-0.3, -0.25) is 9.80 Å². The van der Waals surface area contributed by atoms with Crippen LogP contribution in [0.4, 0.5) is 0 Å². The molecule has 0 heterocycles. The van der Waals surface area contributed by atoms with Crippen LogP contribution in [0.2, 0.25) is 0 Å². The molecule has 0 aromatic heterocycles. The molecule has 0 aliphatic rings. The maximum Gasteiger partial charge on any atom is 0.0558 e. The van der Waals surface area contributed by atoms with Gasteiger partial charge in [0.1, 0.15) is 0 Å². The predicted octanol–water partition coefficient (Wildman–Crippen LogP) is -1.37. The van der Waals surface area contributed by atoms with Crippen molar-refractivity contribution in [3.05, 3.63) is 0 Å². The molecule has 0 bridgehead atoms. The molecule has 6 nitrogen and oxygen atoms in total. The topological polar surface area (TPSA) is 105 Å². The van der Waals surface area contributed by atoms with Crippen molar-refractivity contribution < 1.29 is 5.11 Å². The second-order valence-electron chi connectivity index (χ2n) is 4.96. The monoisotopic (exact) mass is 275 g/mol. The average molecular weight is 275 g/mol. The number of nitrogens with zero attached hydrogens (tertiary/aromatic N) is 2. The van der Waals surface area contributed by atoms with E-state index in [9.17, 15) is 0 Å². The summed E-state index contributed by atoms with van der Waals surface area (Å²) in [5.74, 6) is 0. The second kappa shape index (κ2) is 12.8. The van der Waals surface area contributed by atoms with Crippen LogP contribution in [0.3, 0.4) is 0 Å². The van der Waals surface area contributed by atoms with Crippen LogP contribution in [0, 0.1) is 0 Å². The molecule has 0 aromatic rings. The minimum absolute atomic E-state index is 0.196. The van der Waals surface area contributed by atoms with Crippen LogP contribution in [-0.2, 0) is 0 Å². The summed E-state index contributed by atoms with van der Waals surface area (Å²) in [5, 5.41) is 8.98. The van der Waals surface area contributed by atoms with Gasteiger partial charge >= 0.3 is 0 Å². The van der Waals surface area contributed by atoms with Gasteiger partial charge in [-0.2, -0.15) is 0 Å². The van der Waals surface area contributed by atoms with Crippen molar-refractivity contribution >= 4 is 0 Å². The first kappa shape index (κ1) is 18.8. The lowest BCUT2D eigenvalue weighted by Crippen LogP contribution is -2.41. The van der Waals surface area contributed by atoms with Gasteiger partial charge in [-0.1, -0.05) is 0 Å². The highest BCUT2D eigenvalue weighted by atomic mass is 16.3. The van der Waals surface area contributed by atoms with Gasteiger partial charge in [0.25, 0.3) is 0 Å². The number of nitrogens with two attached hydrogens (primary N) is 3. The molecular formula is C13H33N5O. The Kier molecular flexibility index (Phi) is 12.6. The third kappa shape index (κ3) is 9.32. The maximum atomic E-state index is 8.98. The Labute approximate surface area is 117 Å². The molecule has 1 unspecified atom stereocenters. The molecule has 0 rings (SSSR count). The molecular weight excluding hydrogens is 242 g/mol. The molecule has 0 aliphatic heterocycles. The molecule has 0 aliphatic carbocycles. The fourth-order valence-corrected chi connectivity index (χ4v) is 2.34. The predicted molar refractivity (Wildman–Crippen MR) is 81.0 cm³/mol. The van der Waals surface area contributed by atoms with E-state index in [1.165, 1.54) is 0 Å². The number of hydrogen-bond acceptors (Lipinski definition) is 6. The minimum Gasteiger partial charge on any atom is -0.395 e. The van der Waals surface area contributed by atoms with E-state index in [4.69, 9.17) is 22.3 Å². The molecule has 0 radical (unpaired) electrons. The summed E-state index contributed by atoms with van der Waals surface area (Å²) in [4.78, 5) is 4.56. The average Bonchev–Trinajstić information content (AvgIpc) is 2.39. The third-order valence-electron chi connectivity index (χ3n) is 3.41. The molecule has 0 aromatic carbocycles. The highest BCUT2D eigenvalue weighted by Gasteiger charge is 2.12. The molecule has 7 N–H and O–H groups in total. The van der Waals surface area contributed by atoms with E-state index >= 15 is 0 Å². The summed E-state index contributed by atoms with van der Waals surface area (Å²) in [6, 6.07) is 0.501. The quantitative estimate of drug-likeness (QED) is 0.330. The standard InChI is InChI=1S/C13H33N5O/c1-13(18(9-5-15)10-6-16)3-2-7-17(8-4-14)11-12-19/h13,19H,2-12,14-16H2,1H3. The van der Waals surface area contributed by atoms with Crippen LogP contribution >= 0.6 is 0 Å². The normalized spacial score (nSPS) is 13.4. The van der Waals surface area contributed by atoms with E-state index in [1.54, 1.807) is 0 Å². The van der Waals surface area contributed by atoms with Crippen LogP contribution < -0.4 is 17.2 Å². The Hall–Kier alpha value is -0.240. The Balaban J connectivity index is 3.93. The molecule has 116 valence electrons. The number of aliphatic hydroxyl groups excluding tert-OH is 1. The summed E-state index contributed by atoms with van der Waals surface area (Å²) < 4.78 is 0. The van der Waals surface area contributed by atoms with E-state index < -0.39 is 0 Å². The first-order chi connectivity index (χ1) is 9.19. The molecule has 0 saturated carbocycles. The first-order valence-corrected chi connectivity index (χ1v) is 7.37. The van der Waals surface area contributed by atoms with Crippen molar-refractivity contribution in [3.63, 3.8) is 0 Å². The van der Waals surface area contributed by atoms with Crippen LogP contribution in [0.25, 0.3) is 0 Å². The van der Waals surface area contributed by atoms with Crippen molar-refractivity contribution in [2.75, 3.05) is 59.0 Å². The number of aliphatic hydroxyl groups is 1. The number of rotatable bonds is 13. The lowest BCUT2D eigenvalue weighted by atomic mass is 10.1. The van der Waals surface area contributed by atoms with E-state index in [0.29, 0.717) is 32.2 Å². The summed E-state index contributed by atoms with van der Waals surface area (Å²) in [5.41, 5.74) is 16.8. The van der Waals surface area contributed by atoms with Crippen molar-refractivity contribution in [1.29, 1.82) is 0 Å². The SMILES string of the molecule is CC(CCCN(CCN)CCO)N(CCN)CCN. The molecule has 0 fully saturated rings. The zero-order chi connectivity index (χ0) is 14.5. The summed E-state index contributed by atoms with van der Waals surface area (Å²) in [6.45, 7) is 8.77. The molecule has 0 amide bonds. The Morgan fingerprint density at radius 1 is 0.895 bits per heavy atom. The van der Waals surface area contributed by atoms with Gasteiger partial charge in [0.15, 0.2) is 0 Å². The fraction of sp³-hybridized carbons (Fsp3) is 1.00. The molecule has 0 saturated heterocycles. The largest absolute Gasteiger partial charge is 0.395 e. The van der Waals surface area contributed by atoms with Gasteiger partial charge in [-0.25, -0.2) is 0 Å². The van der Waals surface area contributed by atoms with Crippen LogP contribution in [0.1, 0.15) is 19.8 Å². The van der Waals surface area contributed by atoms with E-state index in [0.717, 1.165) is 39.0 Å². The smallest absolute Gasteiger partial charge is 0.0558 e. The first-order valence-electron chi connectivity index (χ1n) is 7.37. The van der Waals surface area contributed by atoms with Crippen LogP contribution in [0.15, 0.2) is 0 Å². The fourth-order valence-electron chi connectivity index (χ4n) is 2.34. The Morgan fingerprint density at radius 2 is 1.47 bits per heavy atom. The lowest BCUT2D eigenvalue weighted by Gasteiger charge is -2.29. The van der Waals surface area contributed by atoms with Gasteiger partial charge < -0.3 is 22.3 Å². The van der Waals surface area contributed by atoms with Gasteiger partial charge in [-0.15, -0.1) is 0 Å². The summed E-state index contributed by atoms with van der Waals surface area (Å²) in [7, 11) is 0. The second-order valence-corrected chi connectivity index (χ2v) is 4.96. The molecule has 6 heteroatoms. The van der Waals surface area contributed by atoms with Crippen molar-refractivity contribution in [2.45, 2.75) is 25.8 Å². The lowest BCUT2D eigenvalue weighted by molar-refractivity contribution is 0.178. The van der Waals surface area contributed by atoms with Gasteiger partial charge in [0.2, 0.25) is 0 Å². The van der Waals surface area contributed by atoms with Gasteiger partial charge in [-0.05, 0) is 26.3 Å². The van der Waals surface area contributed by atoms with Gasteiger partial charge in [0, 0.05) is 51.9 Å².